The number of aryl methyl sites for hydroxylation is 2. The Morgan fingerprint density at radius 2 is 1.76 bits per heavy atom. The van der Waals surface area contributed by atoms with Crippen LogP contribution in [-0.2, 0) is 40.4 Å². The number of fused-ring (bicyclic) bond motifs is 2. The number of hydrogen-bond acceptors (Lipinski definition) is 3. The SMILES string of the molecule is CC(=O)[C@H]1CC1S(N)(=O)=NC(=O)Nc1c2c(cc3c1CCC3)CCC2. The lowest BCUT2D eigenvalue weighted by Gasteiger charge is -2.15. The molecule has 0 aliphatic heterocycles. The molecule has 0 aromatic heterocycles. The lowest BCUT2D eigenvalue weighted by molar-refractivity contribution is -0.118. The third kappa shape index (κ3) is 3.00. The van der Waals surface area contributed by atoms with Gasteiger partial charge in [-0.2, -0.15) is 0 Å². The van der Waals surface area contributed by atoms with Gasteiger partial charge in [0.15, 0.2) is 0 Å². The van der Waals surface area contributed by atoms with Crippen molar-refractivity contribution in [1.82, 2.24) is 0 Å². The fraction of sp³-hybridized carbons (Fsp3) is 0.556. The van der Waals surface area contributed by atoms with Crippen LogP contribution in [0.4, 0.5) is 10.5 Å². The van der Waals surface area contributed by atoms with E-state index in [0.29, 0.717) is 6.42 Å². The molecule has 2 amide bonds. The third-order valence-corrected chi connectivity index (χ3v) is 7.46. The van der Waals surface area contributed by atoms with Crippen molar-refractivity contribution in [3.8, 4) is 0 Å². The summed E-state index contributed by atoms with van der Waals surface area (Å²) >= 11 is 0. The number of hydrogen-bond donors (Lipinski definition) is 2. The van der Waals surface area contributed by atoms with Gasteiger partial charge in [-0.1, -0.05) is 6.07 Å². The number of Topliss-reactive ketones (excluding diaryl/α,β-unsaturated/α-hetero) is 1. The predicted molar refractivity (Wildman–Crippen MR) is 96.8 cm³/mol. The second-order valence-electron chi connectivity index (χ2n) is 7.36. The molecule has 1 aromatic carbocycles. The molecule has 0 bridgehead atoms. The van der Waals surface area contributed by atoms with Gasteiger partial charge in [-0.3, -0.25) is 4.79 Å². The number of nitrogens with two attached hydrogens (primary N) is 1. The molecule has 1 aromatic rings. The van der Waals surface area contributed by atoms with Gasteiger partial charge in [-0.05, 0) is 74.1 Å². The normalized spacial score (nSPS) is 25.7. The van der Waals surface area contributed by atoms with E-state index in [4.69, 9.17) is 5.14 Å². The zero-order valence-electron chi connectivity index (χ0n) is 14.3. The number of amides is 2. The smallest absolute Gasteiger partial charge is 0.305 e. The van der Waals surface area contributed by atoms with E-state index in [1.807, 2.05) is 0 Å². The minimum Gasteiger partial charge on any atom is -0.305 e. The molecular formula is C18H23N3O3S. The molecule has 7 heteroatoms. The zero-order valence-corrected chi connectivity index (χ0v) is 15.2. The first-order valence-corrected chi connectivity index (χ1v) is 10.5. The van der Waals surface area contributed by atoms with E-state index in [2.05, 4.69) is 15.7 Å². The number of carbonyl (C=O) groups is 2. The van der Waals surface area contributed by atoms with Crippen LogP contribution in [0.2, 0.25) is 0 Å². The van der Waals surface area contributed by atoms with Crippen molar-refractivity contribution in [3.05, 3.63) is 28.3 Å². The molecule has 1 saturated carbocycles. The van der Waals surface area contributed by atoms with Gasteiger partial charge in [0, 0.05) is 11.6 Å². The van der Waals surface area contributed by atoms with Crippen molar-refractivity contribution in [2.75, 3.05) is 5.32 Å². The first-order valence-electron chi connectivity index (χ1n) is 8.88. The van der Waals surface area contributed by atoms with Gasteiger partial charge in [0.2, 0.25) is 0 Å². The summed E-state index contributed by atoms with van der Waals surface area (Å²) in [6, 6.07) is 1.63. The summed E-state index contributed by atoms with van der Waals surface area (Å²) in [4.78, 5) is 23.8. The summed E-state index contributed by atoms with van der Waals surface area (Å²) in [5.41, 5.74) is 5.87. The van der Waals surface area contributed by atoms with Crippen molar-refractivity contribution in [3.63, 3.8) is 0 Å². The highest BCUT2D eigenvalue weighted by atomic mass is 32.2. The quantitative estimate of drug-likeness (QED) is 0.865. The molecule has 0 radical (unpaired) electrons. The van der Waals surface area contributed by atoms with Crippen LogP contribution in [0.5, 0.6) is 0 Å². The van der Waals surface area contributed by atoms with E-state index in [0.717, 1.165) is 44.2 Å². The fourth-order valence-electron chi connectivity index (χ4n) is 4.27. The third-order valence-electron chi connectivity index (χ3n) is 5.62. The van der Waals surface area contributed by atoms with E-state index in [-0.39, 0.29) is 11.7 Å². The molecule has 6 nitrogen and oxygen atoms in total. The average Bonchev–Trinajstić information content (AvgIpc) is 3.01. The Balaban J connectivity index is 1.61. The molecule has 0 heterocycles. The van der Waals surface area contributed by atoms with Crippen LogP contribution in [0, 0.1) is 5.92 Å². The van der Waals surface area contributed by atoms with Crippen molar-refractivity contribution >= 4 is 27.4 Å². The topological polar surface area (TPSA) is 102 Å². The standard InChI is InChI=1S/C18H23N3O3S/c1-10(22)15-9-16(15)25(19,24)21-18(23)20-17-13-6-2-4-11(13)8-12-5-3-7-14(12)17/h8,15-16H,2-7,9H2,1H3,(H3,19,20,21,23,24)/t15-,16?,25?/m1/s1. The van der Waals surface area contributed by atoms with E-state index in [1.165, 1.54) is 29.2 Å². The number of carbonyl (C=O) groups excluding carboxylic acids is 2. The first kappa shape index (κ1) is 16.7. The van der Waals surface area contributed by atoms with Crippen LogP contribution >= 0.6 is 0 Å². The Hall–Kier alpha value is -1.73. The maximum Gasteiger partial charge on any atom is 0.354 e. The molecule has 25 heavy (non-hydrogen) atoms. The molecule has 3 aliphatic rings. The molecule has 1 fully saturated rings. The van der Waals surface area contributed by atoms with Gasteiger partial charge >= 0.3 is 6.03 Å². The summed E-state index contributed by atoms with van der Waals surface area (Å²) in [5.74, 6) is -0.364. The van der Waals surface area contributed by atoms with Gasteiger partial charge in [0.1, 0.15) is 15.7 Å². The number of rotatable bonds is 3. The summed E-state index contributed by atoms with van der Waals surface area (Å²) in [6.07, 6.45) is 6.62. The van der Waals surface area contributed by atoms with Gasteiger partial charge in [-0.15, -0.1) is 4.36 Å². The minimum atomic E-state index is -3.19. The van der Waals surface area contributed by atoms with Crippen molar-refractivity contribution in [2.24, 2.45) is 15.4 Å². The average molecular weight is 361 g/mol. The highest BCUT2D eigenvalue weighted by Crippen LogP contribution is 2.39. The number of anilines is 1. The number of nitrogens with one attached hydrogen (secondary N) is 1. The van der Waals surface area contributed by atoms with Gasteiger partial charge in [0.25, 0.3) is 0 Å². The summed E-state index contributed by atoms with van der Waals surface area (Å²) in [7, 11) is -3.19. The largest absolute Gasteiger partial charge is 0.354 e. The summed E-state index contributed by atoms with van der Waals surface area (Å²) in [5, 5.41) is 8.16. The Bertz CT molecular complexity index is 867. The Morgan fingerprint density at radius 3 is 2.28 bits per heavy atom. The monoisotopic (exact) mass is 361 g/mol. The second kappa shape index (κ2) is 5.92. The minimum absolute atomic E-state index is 0.0440. The van der Waals surface area contributed by atoms with E-state index in [1.54, 1.807) is 0 Å². The number of nitrogens with zero attached hydrogens (tertiary/aromatic N) is 1. The van der Waals surface area contributed by atoms with E-state index in [9.17, 15) is 13.8 Å². The zero-order chi connectivity index (χ0) is 17.8. The molecule has 4 rings (SSSR count). The molecule has 2 unspecified atom stereocenters. The van der Waals surface area contributed by atoms with Crippen molar-refractivity contribution in [1.29, 1.82) is 0 Å². The Labute approximate surface area is 147 Å². The van der Waals surface area contributed by atoms with Crippen LogP contribution in [0.25, 0.3) is 0 Å². The molecule has 134 valence electrons. The van der Waals surface area contributed by atoms with Crippen LogP contribution in [0.3, 0.4) is 0 Å². The van der Waals surface area contributed by atoms with Crippen molar-refractivity contribution in [2.45, 2.75) is 57.1 Å². The summed E-state index contributed by atoms with van der Waals surface area (Å²) < 4.78 is 16.3. The van der Waals surface area contributed by atoms with E-state index >= 15 is 0 Å². The van der Waals surface area contributed by atoms with Crippen LogP contribution < -0.4 is 10.5 Å². The van der Waals surface area contributed by atoms with E-state index < -0.39 is 21.2 Å². The lowest BCUT2D eigenvalue weighted by Crippen LogP contribution is -2.24. The van der Waals surface area contributed by atoms with Crippen LogP contribution in [-0.4, -0.2) is 21.3 Å². The second-order valence-corrected chi connectivity index (χ2v) is 9.38. The molecule has 3 aliphatic carbocycles. The Kier molecular flexibility index (Phi) is 3.96. The highest BCUT2D eigenvalue weighted by molar-refractivity contribution is 7.92. The number of urea groups is 1. The van der Waals surface area contributed by atoms with Gasteiger partial charge < -0.3 is 5.32 Å². The molecule has 0 spiro atoms. The number of ketones is 1. The number of benzene rings is 1. The first-order chi connectivity index (χ1) is 11.9. The maximum absolute atomic E-state index is 12.5. The highest BCUT2D eigenvalue weighted by Gasteiger charge is 2.47. The molecular weight excluding hydrogens is 338 g/mol. The fourth-order valence-corrected chi connectivity index (χ4v) is 5.85. The molecule has 3 N–H and O–H groups in total. The molecule has 0 saturated heterocycles. The molecule has 3 atom stereocenters. The van der Waals surface area contributed by atoms with Crippen molar-refractivity contribution < 1.29 is 13.8 Å². The van der Waals surface area contributed by atoms with Gasteiger partial charge in [-0.25, -0.2) is 14.1 Å². The lowest BCUT2D eigenvalue weighted by atomic mass is 9.99. The van der Waals surface area contributed by atoms with Crippen LogP contribution in [0.1, 0.15) is 48.4 Å². The van der Waals surface area contributed by atoms with Crippen LogP contribution in [0.15, 0.2) is 10.4 Å². The summed E-state index contributed by atoms with van der Waals surface area (Å²) in [6.45, 7) is 1.46. The maximum atomic E-state index is 12.5. The van der Waals surface area contributed by atoms with Gasteiger partial charge in [0.05, 0.1) is 5.25 Å². The predicted octanol–water partition coefficient (Wildman–Crippen LogP) is 2.52. The Morgan fingerprint density at radius 1 is 1.16 bits per heavy atom.